The van der Waals surface area contributed by atoms with Crippen LogP contribution in [-0.4, -0.2) is 11.8 Å². The first-order valence-electron chi connectivity index (χ1n) is 3.34. The molecule has 60 valence electrons. The van der Waals surface area contributed by atoms with Gasteiger partial charge < -0.3 is 10.8 Å². The summed E-state index contributed by atoms with van der Waals surface area (Å²) in [7, 11) is 0. The summed E-state index contributed by atoms with van der Waals surface area (Å²) in [5.41, 5.74) is 6.09. The highest BCUT2D eigenvalue weighted by molar-refractivity contribution is 5.27. The molecule has 1 rings (SSSR count). The lowest BCUT2D eigenvalue weighted by Crippen LogP contribution is -2.11. The van der Waals surface area contributed by atoms with Crippen LogP contribution >= 0.6 is 0 Å². The Morgan fingerprint density at radius 1 is 1.36 bits per heavy atom. The number of benzene rings is 1. The van der Waals surface area contributed by atoms with Crippen molar-refractivity contribution >= 4 is 0 Å². The van der Waals surface area contributed by atoms with Crippen molar-refractivity contribution in [3.05, 3.63) is 29.8 Å². The highest BCUT2D eigenvalue weighted by atomic mass is 19.1. The van der Waals surface area contributed by atoms with Crippen LogP contribution in [0, 0.1) is 0 Å². The molecular weight excluding hydrogens is 145 g/mol. The molecule has 0 saturated carbocycles. The zero-order chi connectivity index (χ0) is 8.27. The summed E-state index contributed by atoms with van der Waals surface area (Å²) in [5.74, 6) is 0.166. The van der Waals surface area contributed by atoms with Crippen LogP contribution in [0.5, 0.6) is 5.75 Å². The standard InChI is InChI=1S/C8H10FNO/c9-5-8(10)6-1-3-7(11)4-2-6/h1-4,8,11H,5,10H2. The van der Waals surface area contributed by atoms with E-state index in [1.54, 1.807) is 12.1 Å². The Hall–Kier alpha value is -1.09. The van der Waals surface area contributed by atoms with Crippen LogP contribution in [0.15, 0.2) is 24.3 Å². The lowest BCUT2D eigenvalue weighted by atomic mass is 10.1. The van der Waals surface area contributed by atoms with Gasteiger partial charge in [0.2, 0.25) is 0 Å². The van der Waals surface area contributed by atoms with Crippen LogP contribution < -0.4 is 5.73 Å². The molecule has 0 fully saturated rings. The van der Waals surface area contributed by atoms with E-state index >= 15 is 0 Å². The van der Waals surface area contributed by atoms with Gasteiger partial charge in [0.15, 0.2) is 0 Å². The first-order valence-corrected chi connectivity index (χ1v) is 3.34. The highest BCUT2D eigenvalue weighted by Crippen LogP contribution is 2.14. The zero-order valence-electron chi connectivity index (χ0n) is 6.00. The molecule has 1 atom stereocenters. The minimum Gasteiger partial charge on any atom is -0.508 e. The molecule has 1 aromatic rings. The second-order valence-electron chi connectivity index (χ2n) is 2.35. The maximum atomic E-state index is 12.0. The van der Waals surface area contributed by atoms with Crippen LogP contribution in [0.2, 0.25) is 0 Å². The molecule has 1 unspecified atom stereocenters. The topological polar surface area (TPSA) is 46.2 Å². The fourth-order valence-electron chi connectivity index (χ4n) is 0.811. The molecule has 3 N–H and O–H groups in total. The Kier molecular flexibility index (Phi) is 2.44. The fraction of sp³-hybridized carbons (Fsp3) is 0.250. The van der Waals surface area contributed by atoms with E-state index in [4.69, 9.17) is 10.8 Å². The van der Waals surface area contributed by atoms with Gasteiger partial charge >= 0.3 is 0 Å². The van der Waals surface area contributed by atoms with Crippen LogP contribution in [0.1, 0.15) is 11.6 Å². The molecule has 0 amide bonds. The van der Waals surface area contributed by atoms with Crippen molar-refractivity contribution in [1.29, 1.82) is 0 Å². The second-order valence-corrected chi connectivity index (χ2v) is 2.35. The fourth-order valence-corrected chi connectivity index (χ4v) is 0.811. The molecule has 0 saturated heterocycles. The molecule has 0 aliphatic carbocycles. The van der Waals surface area contributed by atoms with Gasteiger partial charge in [0.05, 0.1) is 6.04 Å². The molecule has 0 spiro atoms. The average molecular weight is 155 g/mol. The first-order chi connectivity index (χ1) is 5.24. The van der Waals surface area contributed by atoms with Gasteiger partial charge in [0.1, 0.15) is 12.4 Å². The lowest BCUT2D eigenvalue weighted by molar-refractivity contribution is 0.436. The summed E-state index contributed by atoms with van der Waals surface area (Å²) in [5, 5.41) is 8.88. The van der Waals surface area contributed by atoms with E-state index in [1.807, 2.05) is 0 Å². The van der Waals surface area contributed by atoms with E-state index in [2.05, 4.69) is 0 Å². The number of nitrogens with two attached hydrogens (primary N) is 1. The Morgan fingerprint density at radius 3 is 2.36 bits per heavy atom. The highest BCUT2D eigenvalue weighted by Gasteiger charge is 2.03. The zero-order valence-corrected chi connectivity index (χ0v) is 6.00. The normalized spacial score (nSPS) is 12.9. The number of halogens is 1. The van der Waals surface area contributed by atoms with Crippen molar-refractivity contribution in [2.45, 2.75) is 6.04 Å². The third-order valence-electron chi connectivity index (χ3n) is 1.49. The van der Waals surface area contributed by atoms with Gasteiger partial charge in [0.25, 0.3) is 0 Å². The van der Waals surface area contributed by atoms with Crippen molar-refractivity contribution in [3.63, 3.8) is 0 Å². The van der Waals surface area contributed by atoms with Gasteiger partial charge in [-0.15, -0.1) is 0 Å². The minimum atomic E-state index is -0.579. The Labute approximate surface area is 64.5 Å². The summed E-state index contributed by atoms with van der Waals surface area (Å²) in [6.45, 7) is -0.579. The Bertz CT molecular complexity index is 222. The molecule has 0 aromatic heterocycles. The largest absolute Gasteiger partial charge is 0.508 e. The molecule has 0 aliphatic heterocycles. The number of alkyl halides is 1. The maximum absolute atomic E-state index is 12.0. The van der Waals surface area contributed by atoms with Crippen molar-refractivity contribution in [2.75, 3.05) is 6.67 Å². The smallest absolute Gasteiger partial charge is 0.115 e. The van der Waals surface area contributed by atoms with Crippen molar-refractivity contribution in [1.82, 2.24) is 0 Å². The number of aromatic hydroxyl groups is 1. The second kappa shape index (κ2) is 3.34. The molecule has 3 heteroatoms. The quantitative estimate of drug-likeness (QED) is 0.677. The third kappa shape index (κ3) is 1.91. The van der Waals surface area contributed by atoms with Crippen LogP contribution in [0.25, 0.3) is 0 Å². The summed E-state index contributed by atoms with van der Waals surface area (Å²) < 4.78 is 12.0. The van der Waals surface area contributed by atoms with E-state index in [0.29, 0.717) is 5.56 Å². The maximum Gasteiger partial charge on any atom is 0.115 e. The first kappa shape index (κ1) is 8.01. The van der Waals surface area contributed by atoms with E-state index in [1.165, 1.54) is 12.1 Å². The molecular formula is C8H10FNO. The van der Waals surface area contributed by atoms with Gasteiger partial charge in [-0.1, -0.05) is 12.1 Å². The third-order valence-corrected chi connectivity index (χ3v) is 1.49. The van der Waals surface area contributed by atoms with E-state index in [-0.39, 0.29) is 5.75 Å². The summed E-state index contributed by atoms with van der Waals surface area (Å²) >= 11 is 0. The van der Waals surface area contributed by atoms with Crippen molar-refractivity contribution < 1.29 is 9.50 Å². The molecule has 0 heterocycles. The van der Waals surface area contributed by atoms with Crippen LogP contribution in [0.4, 0.5) is 4.39 Å². The van der Waals surface area contributed by atoms with Crippen molar-refractivity contribution in [3.8, 4) is 5.75 Å². The average Bonchev–Trinajstić information content (AvgIpc) is 2.05. The molecule has 0 radical (unpaired) electrons. The SMILES string of the molecule is NC(CF)c1ccc(O)cc1. The number of hydrogen-bond acceptors (Lipinski definition) is 2. The summed E-state index contributed by atoms with van der Waals surface area (Å²) in [4.78, 5) is 0. The van der Waals surface area contributed by atoms with Crippen LogP contribution in [-0.2, 0) is 0 Å². The number of hydrogen-bond donors (Lipinski definition) is 2. The summed E-state index contributed by atoms with van der Waals surface area (Å²) in [6.07, 6.45) is 0. The van der Waals surface area contributed by atoms with Gasteiger partial charge in [0, 0.05) is 0 Å². The predicted molar refractivity (Wildman–Crippen MR) is 41.0 cm³/mol. The van der Waals surface area contributed by atoms with Gasteiger partial charge in [-0.05, 0) is 17.7 Å². The summed E-state index contributed by atoms with van der Waals surface area (Å²) in [6, 6.07) is 5.63. The molecule has 1 aromatic carbocycles. The molecule has 11 heavy (non-hydrogen) atoms. The molecule has 0 aliphatic rings. The van der Waals surface area contributed by atoms with Crippen LogP contribution in [0.3, 0.4) is 0 Å². The van der Waals surface area contributed by atoms with Crippen molar-refractivity contribution in [2.24, 2.45) is 5.73 Å². The Morgan fingerprint density at radius 2 is 1.91 bits per heavy atom. The van der Waals surface area contributed by atoms with E-state index in [0.717, 1.165) is 0 Å². The lowest BCUT2D eigenvalue weighted by Gasteiger charge is -2.05. The number of rotatable bonds is 2. The number of phenolic OH excluding ortho intramolecular Hbond substituents is 1. The predicted octanol–water partition coefficient (Wildman–Crippen LogP) is 1.36. The van der Waals surface area contributed by atoms with E-state index < -0.39 is 12.7 Å². The molecule has 2 nitrogen and oxygen atoms in total. The van der Waals surface area contributed by atoms with E-state index in [9.17, 15) is 4.39 Å². The number of phenols is 1. The molecule has 0 bridgehead atoms. The van der Waals surface area contributed by atoms with Gasteiger partial charge in [-0.3, -0.25) is 0 Å². The Balaban J connectivity index is 2.81. The van der Waals surface area contributed by atoms with Gasteiger partial charge in [-0.25, -0.2) is 4.39 Å². The van der Waals surface area contributed by atoms with Gasteiger partial charge in [-0.2, -0.15) is 0 Å². The minimum absolute atomic E-state index is 0.166. The monoisotopic (exact) mass is 155 g/mol.